The van der Waals surface area contributed by atoms with Crippen LogP contribution in [0.15, 0.2) is 72.8 Å². The number of hydrogen-bond donors (Lipinski definition) is 0. The monoisotopic (exact) mass is 334 g/mol. The third-order valence-electron chi connectivity index (χ3n) is 5.64. The van der Waals surface area contributed by atoms with Crippen molar-refractivity contribution in [1.82, 2.24) is 0 Å². The van der Waals surface area contributed by atoms with Gasteiger partial charge in [0.2, 0.25) is 0 Å². The number of benzene rings is 2. The summed E-state index contributed by atoms with van der Waals surface area (Å²) in [4.78, 5) is 0. The minimum atomic E-state index is 0.592. The molecule has 2 aliphatic carbocycles. The van der Waals surface area contributed by atoms with Crippen LogP contribution in [0.3, 0.4) is 0 Å². The van der Waals surface area contributed by atoms with E-state index in [1.165, 1.54) is 17.5 Å². The molecular weight excluding hydrogens is 308 g/mol. The van der Waals surface area contributed by atoms with E-state index >= 15 is 0 Å². The number of fused-ring (bicyclic) bond motifs is 2. The van der Waals surface area contributed by atoms with Crippen LogP contribution in [0.4, 0.5) is 0 Å². The molecular formula is C23H26O2. The van der Waals surface area contributed by atoms with Gasteiger partial charge in [-0.3, -0.25) is 0 Å². The highest BCUT2D eigenvalue weighted by atomic mass is 16.5. The number of allylic oxidation sites excluding steroid dienone is 2. The fourth-order valence-electron chi connectivity index (χ4n) is 4.30. The van der Waals surface area contributed by atoms with Crippen LogP contribution >= 0.6 is 0 Å². The molecule has 25 heavy (non-hydrogen) atoms. The largest absolute Gasteiger partial charge is 0.376 e. The Balaban J connectivity index is 1.28. The number of rotatable bonds is 8. The van der Waals surface area contributed by atoms with Crippen molar-refractivity contribution >= 4 is 0 Å². The molecule has 0 radical (unpaired) electrons. The van der Waals surface area contributed by atoms with Crippen molar-refractivity contribution in [2.24, 2.45) is 23.7 Å². The van der Waals surface area contributed by atoms with Crippen molar-refractivity contribution in [3.63, 3.8) is 0 Å². The van der Waals surface area contributed by atoms with Crippen LogP contribution in [0, 0.1) is 23.7 Å². The van der Waals surface area contributed by atoms with Gasteiger partial charge in [0.15, 0.2) is 0 Å². The van der Waals surface area contributed by atoms with Crippen LogP contribution in [-0.2, 0) is 22.7 Å². The summed E-state index contributed by atoms with van der Waals surface area (Å²) in [7, 11) is 0. The third-order valence-corrected chi connectivity index (χ3v) is 5.64. The van der Waals surface area contributed by atoms with Crippen LogP contribution in [0.2, 0.25) is 0 Å². The highest BCUT2D eigenvalue weighted by Crippen LogP contribution is 2.48. The second kappa shape index (κ2) is 7.99. The molecule has 2 bridgehead atoms. The van der Waals surface area contributed by atoms with E-state index in [1.54, 1.807) is 0 Å². The van der Waals surface area contributed by atoms with Gasteiger partial charge >= 0.3 is 0 Å². The van der Waals surface area contributed by atoms with E-state index in [1.807, 2.05) is 12.1 Å². The molecule has 0 aromatic heterocycles. The van der Waals surface area contributed by atoms with Crippen molar-refractivity contribution in [3.05, 3.63) is 83.9 Å². The van der Waals surface area contributed by atoms with E-state index in [4.69, 9.17) is 9.47 Å². The summed E-state index contributed by atoms with van der Waals surface area (Å²) < 4.78 is 12.1. The Bertz CT molecular complexity index is 620. The second-order valence-electron chi connectivity index (χ2n) is 7.28. The number of hydrogen-bond acceptors (Lipinski definition) is 2. The zero-order chi connectivity index (χ0) is 16.9. The fourth-order valence-corrected chi connectivity index (χ4v) is 4.30. The second-order valence-corrected chi connectivity index (χ2v) is 7.28. The number of ether oxygens (including phenoxy) is 2. The maximum Gasteiger partial charge on any atom is 0.0717 e. The van der Waals surface area contributed by atoms with Gasteiger partial charge in [0.05, 0.1) is 26.4 Å². The Hall–Kier alpha value is -1.90. The maximum atomic E-state index is 6.06. The van der Waals surface area contributed by atoms with Gasteiger partial charge in [-0.1, -0.05) is 72.8 Å². The predicted molar refractivity (Wildman–Crippen MR) is 99.9 cm³/mol. The van der Waals surface area contributed by atoms with Crippen molar-refractivity contribution in [2.45, 2.75) is 19.6 Å². The smallest absolute Gasteiger partial charge is 0.0717 e. The molecule has 2 aromatic carbocycles. The Morgan fingerprint density at radius 2 is 1.08 bits per heavy atom. The minimum absolute atomic E-state index is 0.592. The molecule has 130 valence electrons. The topological polar surface area (TPSA) is 18.5 Å². The van der Waals surface area contributed by atoms with Crippen molar-refractivity contribution in [3.8, 4) is 0 Å². The van der Waals surface area contributed by atoms with Crippen molar-refractivity contribution in [1.29, 1.82) is 0 Å². The van der Waals surface area contributed by atoms with E-state index in [0.717, 1.165) is 13.2 Å². The lowest BCUT2D eigenvalue weighted by Crippen LogP contribution is -2.28. The molecule has 4 atom stereocenters. The molecule has 2 aliphatic rings. The van der Waals surface area contributed by atoms with Gasteiger partial charge in [0.1, 0.15) is 0 Å². The van der Waals surface area contributed by atoms with E-state index < -0.39 is 0 Å². The van der Waals surface area contributed by atoms with Crippen LogP contribution in [0.1, 0.15) is 17.5 Å². The van der Waals surface area contributed by atoms with Crippen LogP contribution in [-0.4, -0.2) is 13.2 Å². The van der Waals surface area contributed by atoms with Gasteiger partial charge in [-0.2, -0.15) is 0 Å². The fraction of sp³-hybridized carbons (Fsp3) is 0.391. The predicted octanol–water partition coefficient (Wildman–Crippen LogP) is 4.86. The molecule has 1 saturated carbocycles. The lowest BCUT2D eigenvalue weighted by atomic mass is 9.84. The molecule has 0 N–H and O–H groups in total. The average molecular weight is 334 g/mol. The van der Waals surface area contributed by atoms with E-state index in [-0.39, 0.29) is 0 Å². The summed E-state index contributed by atoms with van der Waals surface area (Å²) in [5.41, 5.74) is 2.50. The van der Waals surface area contributed by atoms with Gasteiger partial charge in [-0.05, 0) is 41.2 Å². The molecule has 4 unspecified atom stereocenters. The first-order valence-corrected chi connectivity index (χ1v) is 9.32. The summed E-state index contributed by atoms with van der Waals surface area (Å²) >= 11 is 0. The lowest BCUT2D eigenvalue weighted by Gasteiger charge is -2.28. The quantitative estimate of drug-likeness (QED) is 0.642. The molecule has 0 heterocycles. The van der Waals surface area contributed by atoms with Gasteiger partial charge in [-0.25, -0.2) is 0 Å². The first-order chi connectivity index (χ1) is 12.4. The maximum absolute atomic E-state index is 6.06. The lowest BCUT2D eigenvalue weighted by molar-refractivity contribution is 0.0176. The van der Waals surface area contributed by atoms with Gasteiger partial charge in [0.25, 0.3) is 0 Å². The highest BCUT2D eigenvalue weighted by Gasteiger charge is 2.44. The Morgan fingerprint density at radius 1 is 0.640 bits per heavy atom. The zero-order valence-corrected chi connectivity index (χ0v) is 14.6. The molecule has 4 rings (SSSR count). The van der Waals surface area contributed by atoms with E-state index in [0.29, 0.717) is 36.9 Å². The van der Waals surface area contributed by atoms with Crippen molar-refractivity contribution in [2.75, 3.05) is 13.2 Å². The van der Waals surface area contributed by atoms with Crippen LogP contribution in [0.25, 0.3) is 0 Å². The molecule has 2 heteroatoms. The van der Waals surface area contributed by atoms with E-state index in [9.17, 15) is 0 Å². The minimum Gasteiger partial charge on any atom is -0.376 e. The third kappa shape index (κ3) is 4.02. The summed E-state index contributed by atoms with van der Waals surface area (Å²) in [5.74, 6) is 2.53. The van der Waals surface area contributed by atoms with Crippen LogP contribution < -0.4 is 0 Å². The molecule has 2 aromatic rings. The van der Waals surface area contributed by atoms with Crippen LogP contribution in [0.5, 0.6) is 0 Å². The molecule has 0 saturated heterocycles. The molecule has 2 nitrogen and oxygen atoms in total. The summed E-state index contributed by atoms with van der Waals surface area (Å²) in [6.45, 7) is 3.07. The van der Waals surface area contributed by atoms with Gasteiger partial charge < -0.3 is 9.47 Å². The average Bonchev–Trinajstić information content (AvgIpc) is 3.26. The Labute approximate surface area is 150 Å². The standard InChI is InChI=1S/C23H26O2/c1-3-7-18(8-4-1)14-24-16-22-20-11-12-21(13-20)23(22)17-25-15-19-9-5-2-6-10-19/h1-12,20-23H,13-17H2. The summed E-state index contributed by atoms with van der Waals surface area (Å²) in [6.07, 6.45) is 6.07. The zero-order valence-electron chi connectivity index (χ0n) is 14.6. The van der Waals surface area contributed by atoms with Gasteiger partial charge in [-0.15, -0.1) is 0 Å². The van der Waals surface area contributed by atoms with Gasteiger partial charge in [0, 0.05) is 0 Å². The SMILES string of the molecule is C1=CC2CC1C(COCc1ccccc1)C2COCc1ccccc1. The summed E-state index contributed by atoms with van der Waals surface area (Å²) in [5, 5.41) is 0. The first-order valence-electron chi connectivity index (χ1n) is 9.32. The molecule has 0 spiro atoms. The molecule has 0 amide bonds. The molecule has 1 fully saturated rings. The first kappa shape index (κ1) is 16.6. The Morgan fingerprint density at radius 3 is 1.52 bits per heavy atom. The van der Waals surface area contributed by atoms with E-state index in [2.05, 4.69) is 60.7 Å². The van der Waals surface area contributed by atoms with Crippen molar-refractivity contribution < 1.29 is 9.47 Å². The highest BCUT2D eigenvalue weighted by molar-refractivity contribution is 5.16. The Kier molecular flexibility index (Phi) is 5.29. The summed E-state index contributed by atoms with van der Waals surface area (Å²) in [6, 6.07) is 20.9. The normalized spacial score (nSPS) is 27.0. The molecule has 0 aliphatic heterocycles.